The average Bonchev–Trinajstić information content (AvgIpc) is 2.58. The van der Waals surface area contributed by atoms with Gasteiger partial charge in [0.15, 0.2) is 0 Å². The van der Waals surface area contributed by atoms with Gasteiger partial charge < -0.3 is 10.2 Å². The van der Waals surface area contributed by atoms with Crippen LogP contribution in [0.3, 0.4) is 0 Å². The van der Waals surface area contributed by atoms with Crippen molar-refractivity contribution in [3.63, 3.8) is 0 Å². The van der Waals surface area contributed by atoms with E-state index < -0.39 is 5.97 Å². The molecule has 0 atom stereocenters. The van der Waals surface area contributed by atoms with Crippen molar-refractivity contribution in [2.24, 2.45) is 0 Å². The molecule has 1 aromatic carbocycles. The summed E-state index contributed by atoms with van der Waals surface area (Å²) >= 11 is 0. The Morgan fingerprint density at radius 3 is 2.22 bits per heavy atom. The molecule has 0 amide bonds. The van der Waals surface area contributed by atoms with Crippen molar-refractivity contribution < 1.29 is 15.0 Å². The largest absolute Gasteiger partial charge is 0.506 e. The summed E-state index contributed by atoms with van der Waals surface area (Å²) < 4.78 is 0. The Bertz CT molecular complexity index is 939. The summed E-state index contributed by atoms with van der Waals surface area (Å²) in [5.41, 5.74) is 6.12. The number of hydrogen-bond acceptors (Lipinski definition) is 3. The van der Waals surface area contributed by atoms with Crippen molar-refractivity contribution >= 4 is 12.0 Å². The molecule has 1 aliphatic rings. The van der Waals surface area contributed by atoms with Crippen LogP contribution in [0.5, 0.6) is 5.75 Å². The molecule has 4 heteroatoms. The molecular weight excluding hydrogens is 338 g/mol. The van der Waals surface area contributed by atoms with Gasteiger partial charge in [0.2, 0.25) is 0 Å². The van der Waals surface area contributed by atoms with Crippen LogP contribution in [0.2, 0.25) is 0 Å². The summed E-state index contributed by atoms with van der Waals surface area (Å²) in [6.45, 7) is 11.2. The van der Waals surface area contributed by atoms with E-state index in [0.29, 0.717) is 11.3 Å². The predicted molar refractivity (Wildman–Crippen MR) is 108 cm³/mol. The Balaban J connectivity index is 2.19. The number of benzene rings is 1. The van der Waals surface area contributed by atoms with E-state index in [0.717, 1.165) is 30.0 Å². The lowest BCUT2D eigenvalue weighted by Crippen LogP contribution is -2.34. The number of aromatic hydroxyl groups is 1. The molecule has 0 fully saturated rings. The summed E-state index contributed by atoms with van der Waals surface area (Å²) in [7, 11) is 0. The van der Waals surface area contributed by atoms with Gasteiger partial charge in [-0.05, 0) is 71.1 Å². The Kier molecular flexibility index (Phi) is 4.62. The third-order valence-corrected chi connectivity index (χ3v) is 5.79. The van der Waals surface area contributed by atoms with Crippen molar-refractivity contribution in [1.29, 1.82) is 0 Å². The van der Waals surface area contributed by atoms with Crippen LogP contribution >= 0.6 is 0 Å². The molecule has 2 N–H and O–H groups in total. The number of aliphatic carboxylic acids is 1. The fourth-order valence-electron chi connectivity index (χ4n) is 3.94. The van der Waals surface area contributed by atoms with Gasteiger partial charge in [-0.15, -0.1) is 0 Å². The summed E-state index contributed by atoms with van der Waals surface area (Å²) in [5, 5.41) is 19.3. The molecule has 2 aromatic rings. The Labute approximate surface area is 160 Å². The first-order valence-corrected chi connectivity index (χ1v) is 9.27. The molecule has 3 rings (SSSR count). The summed E-state index contributed by atoms with van der Waals surface area (Å²) in [6, 6.07) is 6.19. The van der Waals surface area contributed by atoms with Gasteiger partial charge in [0.05, 0.1) is 11.9 Å². The maximum atomic E-state index is 10.8. The highest BCUT2D eigenvalue weighted by molar-refractivity contribution is 5.85. The smallest absolute Gasteiger partial charge is 0.328 e. The number of carboxylic acid groups (broad SMARTS) is 1. The van der Waals surface area contributed by atoms with E-state index in [1.54, 1.807) is 6.07 Å². The first-order valence-electron chi connectivity index (χ1n) is 9.27. The zero-order valence-corrected chi connectivity index (χ0v) is 16.6. The molecule has 1 heterocycles. The highest BCUT2D eigenvalue weighted by atomic mass is 16.4. The van der Waals surface area contributed by atoms with Crippen molar-refractivity contribution in [2.45, 2.75) is 58.3 Å². The van der Waals surface area contributed by atoms with E-state index in [2.05, 4.69) is 51.7 Å². The van der Waals surface area contributed by atoms with Crippen LogP contribution < -0.4 is 0 Å². The number of carboxylic acids is 1. The molecule has 0 bridgehead atoms. The zero-order valence-electron chi connectivity index (χ0n) is 16.6. The van der Waals surface area contributed by atoms with E-state index in [9.17, 15) is 9.90 Å². The average molecular weight is 365 g/mol. The molecule has 0 spiro atoms. The minimum Gasteiger partial charge on any atom is -0.506 e. The maximum Gasteiger partial charge on any atom is 0.328 e. The van der Waals surface area contributed by atoms with Crippen LogP contribution in [-0.4, -0.2) is 21.2 Å². The van der Waals surface area contributed by atoms with Gasteiger partial charge in [-0.1, -0.05) is 33.8 Å². The van der Waals surface area contributed by atoms with E-state index >= 15 is 0 Å². The fraction of sp³-hybridized carbons (Fsp3) is 0.391. The van der Waals surface area contributed by atoms with E-state index in [1.807, 2.05) is 0 Å². The van der Waals surface area contributed by atoms with Crippen LogP contribution in [0, 0.1) is 6.92 Å². The van der Waals surface area contributed by atoms with Crippen LogP contribution in [0.1, 0.15) is 62.9 Å². The third kappa shape index (κ3) is 3.61. The van der Waals surface area contributed by atoms with Crippen LogP contribution in [0.25, 0.3) is 17.2 Å². The number of pyridine rings is 1. The first-order chi connectivity index (χ1) is 12.5. The topological polar surface area (TPSA) is 70.4 Å². The third-order valence-electron chi connectivity index (χ3n) is 5.79. The van der Waals surface area contributed by atoms with Gasteiger partial charge in [-0.2, -0.15) is 0 Å². The number of aryl methyl sites for hydroxylation is 1. The SMILES string of the molecule is Cc1cc2c(cc1-c1cc(/C=C/C(=O)O)ncc1O)C(C)(C)CCC2(C)C. The minimum atomic E-state index is -1.03. The van der Waals surface area contributed by atoms with Crippen molar-refractivity contribution in [3.05, 3.63) is 52.9 Å². The number of aromatic nitrogens is 1. The lowest BCUT2D eigenvalue weighted by atomic mass is 9.62. The van der Waals surface area contributed by atoms with Gasteiger partial charge in [0.25, 0.3) is 0 Å². The van der Waals surface area contributed by atoms with Crippen molar-refractivity contribution in [1.82, 2.24) is 4.98 Å². The van der Waals surface area contributed by atoms with Crippen LogP contribution in [0.4, 0.5) is 0 Å². The van der Waals surface area contributed by atoms with E-state index in [4.69, 9.17) is 5.11 Å². The second kappa shape index (κ2) is 6.52. The number of rotatable bonds is 3. The molecule has 0 radical (unpaired) electrons. The molecular formula is C23H27NO3. The molecule has 142 valence electrons. The van der Waals surface area contributed by atoms with Gasteiger partial charge in [-0.3, -0.25) is 4.98 Å². The Morgan fingerprint density at radius 1 is 1.04 bits per heavy atom. The molecule has 0 saturated heterocycles. The normalized spacial score (nSPS) is 17.7. The second-order valence-corrected chi connectivity index (χ2v) is 8.78. The highest BCUT2D eigenvalue weighted by Gasteiger charge is 2.37. The molecule has 1 aromatic heterocycles. The fourth-order valence-corrected chi connectivity index (χ4v) is 3.94. The second-order valence-electron chi connectivity index (χ2n) is 8.78. The minimum absolute atomic E-state index is 0.0714. The molecule has 27 heavy (non-hydrogen) atoms. The number of carbonyl (C=O) groups is 1. The maximum absolute atomic E-state index is 10.8. The molecule has 0 unspecified atom stereocenters. The molecule has 0 aliphatic heterocycles. The lowest BCUT2D eigenvalue weighted by molar-refractivity contribution is -0.131. The number of nitrogens with zero attached hydrogens (tertiary/aromatic N) is 1. The summed E-state index contributed by atoms with van der Waals surface area (Å²) in [5.74, 6) is -0.932. The Hall–Kier alpha value is -2.62. The standard InChI is InChI=1S/C23H27NO3/c1-14-10-18-19(23(4,5)9-8-22(18,2)3)12-16(14)17-11-15(6-7-21(26)27)24-13-20(17)25/h6-7,10-13,25H,8-9H2,1-5H3,(H,26,27)/b7-6+. The number of hydrogen-bond donors (Lipinski definition) is 2. The summed E-state index contributed by atoms with van der Waals surface area (Å²) in [6.07, 6.45) is 6.13. The molecule has 4 nitrogen and oxygen atoms in total. The first kappa shape index (κ1) is 19.2. The predicted octanol–water partition coefficient (Wildman–Crippen LogP) is 5.21. The molecule has 1 aliphatic carbocycles. The zero-order chi connectivity index (χ0) is 20.0. The monoisotopic (exact) mass is 365 g/mol. The molecule has 0 saturated carbocycles. The number of fused-ring (bicyclic) bond motifs is 1. The quantitative estimate of drug-likeness (QED) is 0.733. The van der Waals surface area contributed by atoms with Gasteiger partial charge in [0.1, 0.15) is 5.75 Å². The Morgan fingerprint density at radius 2 is 1.63 bits per heavy atom. The van der Waals surface area contributed by atoms with Gasteiger partial charge in [-0.25, -0.2) is 4.79 Å². The van der Waals surface area contributed by atoms with Crippen molar-refractivity contribution in [3.8, 4) is 16.9 Å². The summed E-state index contributed by atoms with van der Waals surface area (Å²) in [4.78, 5) is 14.9. The van der Waals surface area contributed by atoms with Crippen LogP contribution in [0.15, 0.2) is 30.5 Å². The lowest BCUT2D eigenvalue weighted by Gasteiger charge is -2.42. The van der Waals surface area contributed by atoms with E-state index in [-0.39, 0.29) is 16.6 Å². The van der Waals surface area contributed by atoms with E-state index in [1.165, 1.54) is 23.4 Å². The van der Waals surface area contributed by atoms with Gasteiger partial charge in [0, 0.05) is 11.6 Å². The van der Waals surface area contributed by atoms with Gasteiger partial charge >= 0.3 is 5.97 Å². The van der Waals surface area contributed by atoms with Crippen molar-refractivity contribution in [2.75, 3.05) is 0 Å². The highest BCUT2D eigenvalue weighted by Crippen LogP contribution is 2.48. The van der Waals surface area contributed by atoms with Crippen LogP contribution in [-0.2, 0) is 15.6 Å².